The second-order valence-corrected chi connectivity index (χ2v) is 21.1. The van der Waals surface area contributed by atoms with Crippen LogP contribution in [-0.2, 0) is 12.3 Å². The van der Waals surface area contributed by atoms with Gasteiger partial charge in [0.25, 0.3) is 0 Å². The Morgan fingerprint density at radius 1 is 0.240 bits per heavy atom. The van der Waals surface area contributed by atoms with Crippen LogP contribution in [0.1, 0.15) is 11.1 Å². The molecule has 0 bridgehead atoms. The van der Waals surface area contributed by atoms with Crippen molar-refractivity contribution < 1.29 is 0 Å². The van der Waals surface area contributed by atoms with E-state index in [1.165, 1.54) is 53.7 Å². The first-order valence-corrected chi connectivity index (χ1v) is 22.0. The Morgan fingerprint density at radius 2 is 0.440 bits per heavy atom. The first-order chi connectivity index (χ1) is 24.8. The minimum atomic E-state index is -2.58. The number of hydrogen-bond acceptors (Lipinski definition) is 0. The van der Waals surface area contributed by atoms with Gasteiger partial charge in [-0.25, -0.2) is 0 Å². The first kappa shape index (κ1) is 32.1. The standard InChI is InChI=1S/C48H42P2/c1-7-23-43(24-8-1)49(44-25-9-2-10-26-44,45-27-11-3-12-28-45)37-41-35-39-21-19-20-22-40(39)36-42(41)38-50(46-29-13-4-14-30-46,47-31-15-5-16-32-47)48-33-17-6-18-34-48/h1-36,49-50H,37-38H2. The predicted molar refractivity (Wildman–Crippen MR) is 224 cm³/mol. The Balaban J connectivity index is 1.42. The summed E-state index contributed by atoms with van der Waals surface area (Å²) in [6, 6.07) is 82.1. The van der Waals surface area contributed by atoms with Gasteiger partial charge in [-0.05, 0) is 0 Å². The van der Waals surface area contributed by atoms with Crippen molar-refractivity contribution in [3.8, 4) is 0 Å². The fourth-order valence-electron chi connectivity index (χ4n) is 8.18. The Kier molecular flexibility index (Phi) is 9.24. The van der Waals surface area contributed by atoms with Crippen molar-refractivity contribution in [1.29, 1.82) is 0 Å². The van der Waals surface area contributed by atoms with Gasteiger partial charge in [-0.1, -0.05) is 0 Å². The monoisotopic (exact) mass is 680 g/mol. The fourth-order valence-corrected chi connectivity index (χ4v) is 17.8. The third-order valence-corrected chi connectivity index (χ3v) is 20.3. The zero-order valence-electron chi connectivity index (χ0n) is 28.2. The molecule has 0 aliphatic rings. The number of benzene rings is 8. The van der Waals surface area contributed by atoms with E-state index in [0.717, 1.165) is 12.3 Å². The van der Waals surface area contributed by atoms with Crippen LogP contribution in [0.4, 0.5) is 0 Å². The Hall–Kier alpha value is -5.12. The molecule has 2 heteroatoms. The number of hydrogen-bond donors (Lipinski definition) is 0. The van der Waals surface area contributed by atoms with Crippen molar-refractivity contribution in [3.05, 3.63) is 230 Å². The van der Waals surface area contributed by atoms with Gasteiger partial charge in [0.1, 0.15) is 0 Å². The summed E-state index contributed by atoms with van der Waals surface area (Å²) in [7, 11) is -5.16. The molecule has 0 saturated carbocycles. The van der Waals surface area contributed by atoms with Crippen LogP contribution in [0.3, 0.4) is 0 Å². The summed E-state index contributed by atoms with van der Waals surface area (Å²) in [5.41, 5.74) is 2.90. The average molecular weight is 681 g/mol. The van der Waals surface area contributed by atoms with E-state index in [1.54, 1.807) is 0 Å². The Labute approximate surface area is 297 Å². The van der Waals surface area contributed by atoms with E-state index in [1.807, 2.05) is 0 Å². The van der Waals surface area contributed by atoms with Gasteiger partial charge in [-0.3, -0.25) is 0 Å². The molecule has 8 aromatic rings. The van der Waals surface area contributed by atoms with E-state index < -0.39 is 14.5 Å². The van der Waals surface area contributed by atoms with Gasteiger partial charge in [-0.15, -0.1) is 0 Å². The molecule has 244 valence electrons. The zero-order valence-corrected chi connectivity index (χ0v) is 30.2. The van der Waals surface area contributed by atoms with E-state index in [-0.39, 0.29) is 0 Å². The molecule has 0 unspecified atom stereocenters. The van der Waals surface area contributed by atoms with Gasteiger partial charge in [0.05, 0.1) is 0 Å². The molecule has 0 saturated heterocycles. The van der Waals surface area contributed by atoms with Gasteiger partial charge in [-0.2, -0.15) is 0 Å². The predicted octanol–water partition coefficient (Wildman–Crippen LogP) is 9.29. The Morgan fingerprint density at radius 3 is 0.660 bits per heavy atom. The van der Waals surface area contributed by atoms with Crippen molar-refractivity contribution in [3.63, 3.8) is 0 Å². The molecule has 0 nitrogen and oxygen atoms in total. The van der Waals surface area contributed by atoms with Gasteiger partial charge >= 0.3 is 299 Å². The molecule has 0 radical (unpaired) electrons. The summed E-state index contributed by atoms with van der Waals surface area (Å²) < 4.78 is 0. The summed E-state index contributed by atoms with van der Waals surface area (Å²) in [6.45, 7) is 0. The van der Waals surface area contributed by atoms with Crippen LogP contribution in [0, 0.1) is 0 Å². The van der Waals surface area contributed by atoms with Crippen LogP contribution in [0.25, 0.3) is 10.8 Å². The van der Waals surface area contributed by atoms with E-state index in [2.05, 4.69) is 218 Å². The van der Waals surface area contributed by atoms with Crippen molar-refractivity contribution in [1.82, 2.24) is 0 Å². The molecule has 0 heterocycles. The van der Waals surface area contributed by atoms with Gasteiger partial charge in [0.15, 0.2) is 0 Å². The van der Waals surface area contributed by atoms with Gasteiger partial charge in [0, 0.05) is 0 Å². The molecular weight excluding hydrogens is 638 g/mol. The molecule has 0 aliphatic carbocycles. The molecule has 0 N–H and O–H groups in total. The second kappa shape index (κ2) is 14.4. The van der Waals surface area contributed by atoms with Gasteiger partial charge < -0.3 is 0 Å². The quantitative estimate of drug-likeness (QED) is 0.126. The average Bonchev–Trinajstić information content (AvgIpc) is 3.21. The second-order valence-electron chi connectivity index (χ2n) is 13.3. The summed E-state index contributed by atoms with van der Waals surface area (Å²) >= 11 is 0. The van der Waals surface area contributed by atoms with Crippen molar-refractivity contribution in [2.24, 2.45) is 0 Å². The SMILES string of the molecule is c1ccc([PH](Cc2cc3ccccc3cc2C[PH](c2ccccc2)(c2ccccc2)c2ccccc2)(c2ccccc2)c2ccccc2)cc1. The van der Waals surface area contributed by atoms with Crippen LogP contribution in [0.15, 0.2) is 218 Å². The molecule has 0 fully saturated rings. The normalized spacial score (nSPS) is 12.4. The van der Waals surface area contributed by atoms with Crippen LogP contribution in [-0.4, -0.2) is 0 Å². The summed E-state index contributed by atoms with van der Waals surface area (Å²) in [5.74, 6) is 0. The van der Waals surface area contributed by atoms with Crippen LogP contribution < -0.4 is 31.8 Å². The van der Waals surface area contributed by atoms with Crippen LogP contribution in [0.5, 0.6) is 0 Å². The molecule has 0 aromatic heterocycles. The summed E-state index contributed by atoms with van der Waals surface area (Å²) in [5, 5.41) is 11.2. The first-order valence-electron chi connectivity index (χ1n) is 17.6. The topological polar surface area (TPSA) is 0 Å². The Bertz CT molecular complexity index is 1930. The van der Waals surface area contributed by atoms with Crippen molar-refractivity contribution in [2.75, 3.05) is 0 Å². The number of fused-ring (bicyclic) bond motifs is 1. The third-order valence-electron chi connectivity index (χ3n) is 10.6. The van der Waals surface area contributed by atoms with Crippen LogP contribution in [0.2, 0.25) is 0 Å². The maximum absolute atomic E-state index is 2.58. The molecule has 8 aromatic carbocycles. The number of rotatable bonds is 10. The van der Waals surface area contributed by atoms with E-state index in [0.29, 0.717) is 0 Å². The van der Waals surface area contributed by atoms with Crippen molar-refractivity contribution >= 4 is 57.1 Å². The van der Waals surface area contributed by atoms with E-state index in [4.69, 9.17) is 0 Å². The summed E-state index contributed by atoms with van der Waals surface area (Å²) in [4.78, 5) is 0. The zero-order chi connectivity index (χ0) is 33.6. The van der Waals surface area contributed by atoms with E-state index >= 15 is 0 Å². The molecule has 50 heavy (non-hydrogen) atoms. The van der Waals surface area contributed by atoms with Gasteiger partial charge in [0.2, 0.25) is 0 Å². The van der Waals surface area contributed by atoms with E-state index in [9.17, 15) is 0 Å². The maximum atomic E-state index is 2.53. The van der Waals surface area contributed by atoms with Crippen molar-refractivity contribution in [2.45, 2.75) is 12.3 Å². The molecule has 8 rings (SSSR count). The summed E-state index contributed by atoms with van der Waals surface area (Å²) in [6.07, 6.45) is 1.93. The molecular formula is C48H42P2. The molecule has 0 aliphatic heterocycles. The third kappa shape index (κ3) is 6.01. The minimum absolute atomic E-state index is 0.966. The molecule has 0 spiro atoms. The fraction of sp³-hybridized carbons (Fsp3) is 0.0417. The molecule has 0 amide bonds. The molecule has 0 atom stereocenters. The van der Waals surface area contributed by atoms with Crippen LogP contribution >= 0.6 is 14.5 Å².